The monoisotopic (exact) mass is 268 g/mol. The van der Waals surface area contributed by atoms with Crippen LogP contribution in [0.25, 0.3) is 0 Å². The van der Waals surface area contributed by atoms with E-state index in [1.54, 1.807) is 6.92 Å². The third kappa shape index (κ3) is 3.16. The van der Waals surface area contributed by atoms with Crippen molar-refractivity contribution in [3.05, 3.63) is 0 Å². The molecule has 2 aliphatic carbocycles. The van der Waals surface area contributed by atoms with E-state index in [9.17, 15) is 9.59 Å². The Morgan fingerprint density at radius 3 is 2.16 bits per heavy atom. The van der Waals surface area contributed by atoms with Crippen LogP contribution in [0.1, 0.15) is 45.4 Å². The van der Waals surface area contributed by atoms with Gasteiger partial charge in [0.05, 0.1) is 5.92 Å². The van der Waals surface area contributed by atoms with Gasteiger partial charge in [0.25, 0.3) is 0 Å². The standard InChI is InChI=1S/C15H24O4/c1-10(16)11-5-3-7-13-12(11)6-4-8-14(13)15(17)19-9-18-2/h11-14H,3-9H2,1-2H3. The van der Waals surface area contributed by atoms with Gasteiger partial charge in [0, 0.05) is 13.0 Å². The molecule has 108 valence electrons. The second-order valence-corrected chi connectivity index (χ2v) is 5.88. The molecule has 4 atom stereocenters. The third-order valence-corrected chi connectivity index (χ3v) is 4.83. The van der Waals surface area contributed by atoms with Gasteiger partial charge in [0.15, 0.2) is 6.79 Å². The molecule has 0 aromatic rings. The quantitative estimate of drug-likeness (QED) is 0.581. The Hall–Kier alpha value is -0.900. The van der Waals surface area contributed by atoms with Gasteiger partial charge in [-0.05, 0) is 44.4 Å². The number of Topliss-reactive ketones (excluding diaryl/α,β-unsaturated/α-hetero) is 1. The van der Waals surface area contributed by atoms with Gasteiger partial charge >= 0.3 is 5.97 Å². The first-order valence-corrected chi connectivity index (χ1v) is 7.31. The number of esters is 1. The molecule has 0 saturated heterocycles. The molecule has 4 unspecified atom stereocenters. The normalized spacial score (nSPS) is 34.4. The smallest absolute Gasteiger partial charge is 0.311 e. The minimum Gasteiger partial charge on any atom is -0.438 e. The van der Waals surface area contributed by atoms with E-state index in [4.69, 9.17) is 9.47 Å². The molecule has 0 aliphatic heterocycles. The summed E-state index contributed by atoms with van der Waals surface area (Å²) in [4.78, 5) is 23.9. The van der Waals surface area contributed by atoms with E-state index in [-0.39, 0.29) is 24.6 Å². The molecule has 19 heavy (non-hydrogen) atoms. The average Bonchev–Trinajstić information content (AvgIpc) is 2.43. The van der Waals surface area contributed by atoms with Crippen molar-refractivity contribution < 1.29 is 19.1 Å². The molecule has 4 heteroatoms. The minimum absolute atomic E-state index is 0.0306. The second kappa shape index (κ2) is 6.51. The summed E-state index contributed by atoms with van der Waals surface area (Å²) in [5.74, 6) is 1.01. The molecular formula is C15H24O4. The van der Waals surface area contributed by atoms with Crippen LogP contribution in [-0.4, -0.2) is 25.7 Å². The summed E-state index contributed by atoms with van der Waals surface area (Å²) in [5.41, 5.74) is 0. The highest BCUT2D eigenvalue weighted by atomic mass is 16.7. The van der Waals surface area contributed by atoms with Crippen LogP contribution in [0.4, 0.5) is 0 Å². The summed E-state index contributed by atoms with van der Waals surface area (Å²) in [6.45, 7) is 1.72. The fourth-order valence-electron chi connectivity index (χ4n) is 4.02. The van der Waals surface area contributed by atoms with Crippen molar-refractivity contribution in [2.75, 3.05) is 13.9 Å². The summed E-state index contributed by atoms with van der Waals surface area (Å²) in [7, 11) is 1.52. The first-order valence-electron chi connectivity index (χ1n) is 7.31. The van der Waals surface area contributed by atoms with Gasteiger partial charge in [-0.3, -0.25) is 9.59 Å². The fourth-order valence-corrected chi connectivity index (χ4v) is 4.02. The lowest BCUT2D eigenvalue weighted by atomic mass is 9.60. The second-order valence-electron chi connectivity index (χ2n) is 5.88. The Kier molecular flexibility index (Phi) is 4.97. The molecule has 2 rings (SSSR count). The molecule has 0 radical (unpaired) electrons. The molecule has 4 nitrogen and oxygen atoms in total. The molecule has 0 aromatic heterocycles. The van der Waals surface area contributed by atoms with E-state index in [1.807, 2.05) is 0 Å². The van der Waals surface area contributed by atoms with Crippen LogP contribution in [-0.2, 0) is 19.1 Å². The zero-order chi connectivity index (χ0) is 13.8. The number of ether oxygens (including phenoxy) is 2. The van der Waals surface area contributed by atoms with Gasteiger partial charge < -0.3 is 9.47 Å². The Morgan fingerprint density at radius 1 is 1.00 bits per heavy atom. The van der Waals surface area contributed by atoms with Crippen LogP contribution in [0, 0.1) is 23.7 Å². The maximum atomic E-state index is 12.1. The number of carbonyl (C=O) groups excluding carboxylic acids is 2. The van der Waals surface area contributed by atoms with Gasteiger partial charge in [0.2, 0.25) is 0 Å². The first kappa shape index (κ1) is 14.5. The van der Waals surface area contributed by atoms with Crippen molar-refractivity contribution >= 4 is 11.8 Å². The van der Waals surface area contributed by atoms with Gasteiger partial charge in [-0.15, -0.1) is 0 Å². The van der Waals surface area contributed by atoms with Gasteiger partial charge in [-0.2, -0.15) is 0 Å². The van der Waals surface area contributed by atoms with Crippen LogP contribution >= 0.6 is 0 Å². The van der Waals surface area contributed by atoms with Crippen molar-refractivity contribution in [2.24, 2.45) is 23.7 Å². The van der Waals surface area contributed by atoms with Gasteiger partial charge in [-0.25, -0.2) is 0 Å². The SMILES string of the molecule is COCOC(=O)C1CCCC2C(C(C)=O)CCCC12. The molecule has 2 aliphatic rings. The highest BCUT2D eigenvalue weighted by Gasteiger charge is 2.44. The van der Waals surface area contributed by atoms with E-state index >= 15 is 0 Å². The first-order chi connectivity index (χ1) is 9.15. The van der Waals surface area contributed by atoms with Gasteiger partial charge in [-0.1, -0.05) is 12.8 Å². The van der Waals surface area contributed by atoms with E-state index in [0.29, 0.717) is 17.6 Å². The Bertz CT molecular complexity index is 339. The molecule has 2 fully saturated rings. The lowest BCUT2D eigenvalue weighted by molar-refractivity contribution is -0.165. The average molecular weight is 268 g/mol. The summed E-state index contributed by atoms with van der Waals surface area (Å²) in [5, 5.41) is 0. The van der Waals surface area contributed by atoms with Crippen LogP contribution in [0.2, 0.25) is 0 Å². The van der Waals surface area contributed by atoms with Crippen LogP contribution in [0.5, 0.6) is 0 Å². The number of fused-ring (bicyclic) bond motifs is 1. The molecule has 0 N–H and O–H groups in total. The predicted molar refractivity (Wildman–Crippen MR) is 70.3 cm³/mol. The van der Waals surface area contributed by atoms with Crippen molar-refractivity contribution in [1.29, 1.82) is 0 Å². The molecule has 0 spiro atoms. The Labute approximate surface area is 114 Å². The number of hydrogen-bond donors (Lipinski definition) is 0. The summed E-state index contributed by atoms with van der Waals surface area (Å²) < 4.78 is 9.93. The van der Waals surface area contributed by atoms with Crippen molar-refractivity contribution in [1.82, 2.24) is 0 Å². The molecule has 0 amide bonds. The van der Waals surface area contributed by atoms with Crippen molar-refractivity contribution in [2.45, 2.75) is 45.4 Å². The topological polar surface area (TPSA) is 52.6 Å². The number of hydrogen-bond acceptors (Lipinski definition) is 4. The minimum atomic E-state index is -0.138. The highest BCUT2D eigenvalue weighted by Crippen LogP contribution is 2.47. The van der Waals surface area contributed by atoms with Crippen molar-refractivity contribution in [3.8, 4) is 0 Å². The van der Waals surface area contributed by atoms with Crippen LogP contribution < -0.4 is 0 Å². The highest BCUT2D eigenvalue weighted by molar-refractivity contribution is 5.79. The predicted octanol–water partition coefficient (Wildman–Crippen LogP) is 2.56. The molecule has 2 saturated carbocycles. The Morgan fingerprint density at radius 2 is 1.58 bits per heavy atom. The van der Waals surface area contributed by atoms with Crippen LogP contribution in [0.3, 0.4) is 0 Å². The number of rotatable bonds is 4. The zero-order valence-electron chi connectivity index (χ0n) is 11.9. The maximum absolute atomic E-state index is 12.1. The summed E-state index contributed by atoms with van der Waals surface area (Å²) in [6.07, 6.45) is 6.12. The molecule has 0 bridgehead atoms. The van der Waals surface area contributed by atoms with E-state index < -0.39 is 0 Å². The van der Waals surface area contributed by atoms with E-state index in [1.165, 1.54) is 7.11 Å². The number of methoxy groups -OCH3 is 1. The lowest BCUT2D eigenvalue weighted by Gasteiger charge is -2.43. The zero-order valence-corrected chi connectivity index (χ0v) is 11.9. The molecular weight excluding hydrogens is 244 g/mol. The largest absolute Gasteiger partial charge is 0.438 e. The lowest BCUT2D eigenvalue weighted by Crippen LogP contribution is -2.42. The van der Waals surface area contributed by atoms with Gasteiger partial charge in [0.1, 0.15) is 5.78 Å². The fraction of sp³-hybridized carbons (Fsp3) is 0.867. The molecule has 0 aromatic carbocycles. The summed E-state index contributed by atoms with van der Waals surface area (Å²) in [6, 6.07) is 0. The Balaban J connectivity index is 2.06. The number of carbonyl (C=O) groups is 2. The number of ketones is 1. The summed E-state index contributed by atoms with van der Waals surface area (Å²) >= 11 is 0. The third-order valence-electron chi connectivity index (χ3n) is 4.83. The maximum Gasteiger partial charge on any atom is 0.311 e. The molecule has 0 heterocycles. The van der Waals surface area contributed by atoms with E-state index in [0.717, 1.165) is 38.5 Å². The van der Waals surface area contributed by atoms with E-state index in [2.05, 4.69) is 0 Å². The van der Waals surface area contributed by atoms with Crippen LogP contribution in [0.15, 0.2) is 0 Å². The van der Waals surface area contributed by atoms with Crippen molar-refractivity contribution in [3.63, 3.8) is 0 Å².